The molecule has 1 fully saturated rings. The first-order valence-corrected chi connectivity index (χ1v) is 7.85. The van der Waals surface area contributed by atoms with Gasteiger partial charge < -0.3 is 5.32 Å². The quantitative estimate of drug-likeness (QED) is 0.644. The lowest BCUT2D eigenvalue weighted by Gasteiger charge is -2.40. The van der Waals surface area contributed by atoms with Gasteiger partial charge in [0.25, 0.3) is 5.69 Å². The standard InChI is InChI=1S/C13H17ClN2O2S/c1-19-13(5-2-6-13)9-15-8-10-3-4-11(14)12(7-10)16(17)18/h3-4,7,15H,2,5-6,8-9H2,1H3. The largest absolute Gasteiger partial charge is 0.311 e. The smallest absolute Gasteiger partial charge is 0.288 e. The maximum Gasteiger partial charge on any atom is 0.288 e. The fourth-order valence-corrected chi connectivity index (χ4v) is 3.40. The van der Waals surface area contributed by atoms with Crippen molar-refractivity contribution in [2.24, 2.45) is 0 Å². The molecule has 4 nitrogen and oxygen atoms in total. The van der Waals surface area contributed by atoms with Crippen LogP contribution < -0.4 is 5.32 Å². The number of benzene rings is 1. The molecule has 2 rings (SSSR count). The molecule has 0 saturated heterocycles. The van der Waals surface area contributed by atoms with E-state index in [4.69, 9.17) is 11.6 Å². The van der Waals surface area contributed by atoms with Gasteiger partial charge in [0, 0.05) is 23.9 Å². The van der Waals surface area contributed by atoms with Gasteiger partial charge in [0.05, 0.1) is 4.92 Å². The Balaban J connectivity index is 1.93. The van der Waals surface area contributed by atoms with Gasteiger partial charge in [-0.2, -0.15) is 11.8 Å². The summed E-state index contributed by atoms with van der Waals surface area (Å²) in [6.45, 7) is 1.59. The van der Waals surface area contributed by atoms with Crippen molar-refractivity contribution in [3.63, 3.8) is 0 Å². The van der Waals surface area contributed by atoms with Gasteiger partial charge in [-0.1, -0.05) is 24.1 Å². The number of hydrogen-bond acceptors (Lipinski definition) is 4. The van der Waals surface area contributed by atoms with Crippen LogP contribution in [0.1, 0.15) is 24.8 Å². The Morgan fingerprint density at radius 3 is 2.79 bits per heavy atom. The van der Waals surface area contributed by atoms with E-state index < -0.39 is 4.92 Å². The molecule has 104 valence electrons. The average Bonchev–Trinajstić information content (AvgIpc) is 2.34. The van der Waals surface area contributed by atoms with E-state index in [9.17, 15) is 10.1 Å². The molecule has 0 aliphatic heterocycles. The van der Waals surface area contributed by atoms with Gasteiger partial charge in [-0.25, -0.2) is 0 Å². The average molecular weight is 301 g/mol. The number of nitrogens with one attached hydrogen (secondary N) is 1. The molecule has 1 aliphatic rings. The first-order valence-electron chi connectivity index (χ1n) is 6.25. The predicted octanol–water partition coefficient (Wildman–Crippen LogP) is 3.62. The Morgan fingerprint density at radius 1 is 1.53 bits per heavy atom. The molecule has 0 heterocycles. The second kappa shape index (κ2) is 6.11. The van der Waals surface area contributed by atoms with E-state index in [2.05, 4.69) is 11.6 Å². The number of rotatable bonds is 6. The Labute approximate surface area is 122 Å². The molecule has 0 bridgehead atoms. The van der Waals surface area contributed by atoms with E-state index in [0.717, 1.165) is 12.1 Å². The van der Waals surface area contributed by atoms with Crippen molar-refractivity contribution in [1.82, 2.24) is 5.32 Å². The molecular weight excluding hydrogens is 284 g/mol. The first-order chi connectivity index (χ1) is 9.06. The zero-order valence-corrected chi connectivity index (χ0v) is 12.4. The van der Waals surface area contributed by atoms with Gasteiger partial charge in [0.1, 0.15) is 5.02 Å². The zero-order valence-electron chi connectivity index (χ0n) is 10.8. The molecule has 1 saturated carbocycles. The second-order valence-electron chi connectivity index (χ2n) is 4.89. The van der Waals surface area contributed by atoms with Crippen molar-refractivity contribution in [3.05, 3.63) is 38.9 Å². The fourth-order valence-electron chi connectivity index (χ4n) is 2.27. The molecule has 1 aromatic rings. The Kier molecular flexibility index (Phi) is 4.71. The molecule has 1 aliphatic carbocycles. The molecule has 19 heavy (non-hydrogen) atoms. The van der Waals surface area contributed by atoms with Gasteiger partial charge in [0.2, 0.25) is 0 Å². The predicted molar refractivity (Wildman–Crippen MR) is 79.9 cm³/mol. The fraction of sp³-hybridized carbons (Fsp3) is 0.538. The monoisotopic (exact) mass is 300 g/mol. The van der Waals surface area contributed by atoms with Crippen molar-refractivity contribution in [2.45, 2.75) is 30.6 Å². The molecular formula is C13H17ClN2O2S. The van der Waals surface area contributed by atoms with Crippen molar-refractivity contribution >= 4 is 29.1 Å². The maximum atomic E-state index is 10.8. The minimum atomic E-state index is -0.443. The molecule has 0 unspecified atom stereocenters. The van der Waals surface area contributed by atoms with Crippen LogP contribution in [-0.2, 0) is 6.54 Å². The maximum absolute atomic E-state index is 10.8. The van der Waals surface area contributed by atoms with E-state index in [1.165, 1.54) is 19.3 Å². The molecule has 0 aromatic heterocycles. The summed E-state index contributed by atoms with van der Waals surface area (Å²) in [5.74, 6) is 0. The Bertz CT molecular complexity index is 472. The van der Waals surface area contributed by atoms with E-state index >= 15 is 0 Å². The molecule has 1 aromatic carbocycles. The van der Waals surface area contributed by atoms with Crippen LogP contribution >= 0.6 is 23.4 Å². The number of nitrogens with zero attached hydrogens (tertiary/aromatic N) is 1. The SMILES string of the molecule is CSC1(CNCc2ccc(Cl)c([N+](=O)[O-])c2)CCC1. The lowest BCUT2D eigenvalue weighted by atomic mass is 9.84. The first kappa shape index (κ1) is 14.6. The van der Waals surface area contributed by atoms with Gasteiger partial charge in [0.15, 0.2) is 0 Å². The number of nitro groups is 1. The van der Waals surface area contributed by atoms with Crippen LogP contribution in [0.15, 0.2) is 18.2 Å². The van der Waals surface area contributed by atoms with Gasteiger partial charge >= 0.3 is 0 Å². The third kappa shape index (κ3) is 3.41. The zero-order chi connectivity index (χ0) is 13.9. The molecule has 0 atom stereocenters. The van der Waals surface area contributed by atoms with Crippen LogP contribution in [0.25, 0.3) is 0 Å². The molecule has 0 spiro atoms. The van der Waals surface area contributed by atoms with Gasteiger partial charge in [-0.05, 0) is 30.7 Å². The minimum absolute atomic E-state index is 0.0239. The van der Waals surface area contributed by atoms with Crippen LogP contribution in [0.5, 0.6) is 0 Å². The van der Waals surface area contributed by atoms with E-state index in [1.54, 1.807) is 12.1 Å². The minimum Gasteiger partial charge on any atom is -0.311 e. The summed E-state index contributed by atoms with van der Waals surface area (Å²) in [6.07, 6.45) is 5.95. The summed E-state index contributed by atoms with van der Waals surface area (Å²) in [6, 6.07) is 4.96. The summed E-state index contributed by atoms with van der Waals surface area (Å²) >= 11 is 7.70. The molecule has 0 amide bonds. The second-order valence-corrected chi connectivity index (χ2v) is 6.57. The number of halogens is 1. The summed E-state index contributed by atoms with van der Waals surface area (Å²) < 4.78 is 0.373. The highest BCUT2D eigenvalue weighted by atomic mass is 35.5. The highest BCUT2D eigenvalue weighted by Gasteiger charge is 2.35. The lowest BCUT2D eigenvalue weighted by molar-refractivity contribution is -0.384. The van der Waals surface area contributed by atoms with Crippen LogP contribution in [0, 0.1) is 10.1 Å². The van der Waals surface area contributed by atoms with Crippen molar-refractivity contribution in [2.75, 3.05) is 12.8 Å². The number of thioether (sulfide) groups is 1. The number of hydrogen-bond donors (Lipinski definition) is 1. The van der Waals surface area contributed by atoms with Crippen LogP contribution in [0.2, 0.25) is 5.02 Å². The molecule has 0 radical (unpaired) electrons. The highest BCUT2D eigenvalue weighted by molar-refractivity contribution is 8.00. The molecule has 6 heteroatoms. The van der Waals surface area contributed by atoms with Crippen molar-refractivity contribution in [3.8, 4) is 0 Å². The topological polar surface area (TPSA) is 55.2 Å². The molecule has 1 N–H and O–H groups in total. The van der Waals surface area contributed by atoms with Crippen molar-refractivity contribution < 1.29 is 4.92 Å². The third-order valence-electron chi connectivity index (χ3n) is 3.68. The summed E-state index contributed by atoms with van der Waals surface area (Å²) in [4.78, 5) is 10.4. The summed E-state index contributed by atoms with van der Waals surface area (Å²) in [5, 5.41) is 14.4. The lowest BCUT2D eigenvalue weighted by Crippen LogP contribution is -2.43. The van der Waals surface area contributed by atoms with Crippen LogP contribution in [0.3, 0.4) is 0 Å². The highest BCUT2D eigenvalue weighted by Crippen LogP contribution is 2.42. The van der Waals surface area contributed by atoms with E-state index in [-0.39, 0.29) is 10.7 Å². The Hall–Kier alpha value is -0.780. The third-order valence-corrected chi connectivity index (χ3v) is 5.42. The van der Waals surface area contributed by atoms with Gasteiger partial charge in [-0.15, -0.1) is 0 Å². The van der Waals surface area contributed by atoms with Crippen LogP contribution in [-0.4, -0.2) is 22.5 Å². The summed E-state index contributed by atoms with van der Waals surface area (Å²) in [5.41, 5.74) is 0.871. The Morgan fingerprint density at radius 2 is 2.26 bits per heavy atom. The van der Waals surface area contributed by atoms with E-state index in [0.29, 0.717) is 11.3 Å². The van der Waals surface area contributed by atoms with Crippen molar-refractivity contribution in [1.29, 1.82) is 0 Å². The number of nitro benzene ring substituents is 1. The van der Waals surface area contributed by atoms with Gasteiger partial charge in [-0.3, -0.25) is 10.1 Å². The van der Waals surface area contributed by atoms with Crippen LogP contribution in [0.4, 0.5) is 5.69 Å². The van der Waals surface area contributed by atoms with E-state index in [1.807, 2.05) is 17.8 Å². The normalized spacial score (nSPS) is 16.9. The summed E-state index contributed by atoms with van der Waals surface area (Å²) in [7, 11) is 0.